The van der Waals surface area contributed by atoms with Crippen LogP contribution >= 0.6 is 27.7 Å². The first-order valence-electron chi connectivity index (χ1n) is 6.91. The highest BCUT2D eigenvalue weighted by Gasteiger charge is 2.29. The van der Waals surface area contributed by atoms with Gasteiger partial charge < -0.3 is 9.47 Å². The lowest BCUT2D eigenvalue weighted by Crippen LogP contribution is -2.19. The number of hydrogen-bond acceptors (Lipinski definition) is 4. The van der Waals surface area contributed by atoms with Crippen LogP contribution in [0.4, 0.5) is 0 Å². The fourth-order valence-corrected chi connectivity index (χ4v) is 4.14. The molecule has 5 heteroatoms. The van der Waals surface area contributed by atoms with Gasteiger partial charge in [0.2, 0.25) is 0 Å². The molecule has 1 unspecified atom stereocenters. The Morgan fingerprint density at radius 2 is 2.14 bits per heavy atom. The second-order valence-electron chi connectivity index (χ2n) is 4.99. The number of benzene rings is 2. The Kier molecular flexibility index (Phi) is 4.74. The molecular weight excluding hydrogens is 364 g/mol. The Balaban J connectivity index is 1.58. The van der Waals surface area contributed by atoms with Gasteiger partial charge in [-0.1, -0.05) is 24.3 Å². The van der Waals surface area contributed by atoms with E-state index >= 15 is 0 Å². The molecule has 0 radical (unpaired) electrons. The second-order valence-corrected chi connectivity index (χ2v) is 7.09. The third-order valence-electron chi connectivity index (χ3n) is 3.51. The molecule has 114 valence electrons. The van der Waals surface area contributed by atoms with Gasteiger partial charge in [-0.15, -0.1) is 11.8 Å². The van der Waals surface area contributed by atoms with Crippen LogP contribution in [-0.2, 0) is 22.6 Å². The summed E-state index contributed by atoms with van der Waals surface area (Å²) >= 11 is 5.02. The first-order chi connectivity index (χ1) is 10.7. The van der Waals surface area contributed by atoms with E-state index in [1.54, 1.807) is 18.9 Å². The quantitative estimate of drug-likeness (QED) is 0.746. The van der Waals surface area contributed by atoms with Crippen LogP contribution in [-0.4, -0.2) is 18.3 Å². The third kappa shape index (κ3) is 3.31. The third-order valence-corrected chi connectivity index (χ3v) is 5.42. The van der Waals surface area contributed by atoms with Crippen molar-refractivity contribution in [2.45, 2.75) is 23.2 Å². The van der Waals surface area contributed by atoms with Crippen LogP contribution in [0.1, 0.15) is 11.1 Å². The average Bonchev–Trinajstić information content (AvgIpc) is 2.97. The van der Waals surface area contributed by atoms with Crippen LogP contribution in [0.3, 0.4) is 0 Å². The maximum atomic E-state index is 12.2. The standard InChI is InChI=1S/C17H15BrO3S/c1-20-14-7-6-11(8-13(14)18)10-21-17(19)16-9-12-4-2-3-5-15(12)22-16/h2-8,16H,9-10H2,1H3. The lowest BCUT2D eigenvalue weighted by molar-refractivity contribution is -0.144. The van der Waals surface area contributed by atoms with Crippen molar-refractivity contribution < 1.29 is 14.3 Å². The summed E-state index contributed by atoms with van der Waals surface area (Å²) in [7, 11) is 1.62. The minimum Gasteiger partial charge on any atom is -0.496 e. The maximum Gasteiger partial charge on any atom is 0.320 e. The van der Waals surface area contributed by atoms with Gasteiger partial charge in [-0.25, -0.2) is 0 Å². The molecule has 1 atom stereocenters. The molecule has 2 aromatic rings. The molecule has 0 aromatic heterocycles. The monoisotopic (exact) mass is 378 g/mol. The zero-order valence-electron chi connectivity index (χ0n) is 12.0. The molecule has 0 saturated heterocycles. The average molecular weight is 379 g/mol. The van der Waals surface area contributed by atoms with Gasteiger partial charge in [-0.05, 0) is 51.7 Å². The van der Waals surface area contributed by atoms with E-state index in [2.05, 4.69) is 22.0 Å². The zero-order valence-corrected chi connectivity index (χ0v) is 14.4. The molecular formula is C17H15BrO3S. The molecule has 0 fully saturated rings. The smallest absolute Gasteiger partial charge is 0.320 e. The lowest BCUT2D eigenvalue weighted by Gasteiger charge is -2.10. The van der Waals surface area contributed by atoms with Crippen molar-refractivity contribution >= 4 is 33.7 Å². The molecule has 2 aromatic carbocycles. The molecule has 0 saturated carbocycles. The van der Waals surface area contributed by atoms with Gasteiger partial charge >= 0.3 is 5.97 Å². The van der Waals surface area contributed by atoms with E-state index in [1.807, 2.05) is 36.4 Å². The van der Waals surface area contributed by atoms with Crippen molar-refractivity contribution in [3.05, 3.63) is 58.1 Å². The summed E-state index contributed by atoms with van der Waals surface area (Å²) in [6.45, 7) is 0.273. The van der Waals surface area contributed by atoms with Crippen molar-refractivity contribution in [2.75, 3.05) is 7.11 Å². The van der Waals surface area contributed by atoms with Crippen molar-refractivity contribution in [3.63, 3.8) is 0 Å². The Labute approximate surface area is 142 Å². The summed E-state index contributed by atoms with van der Waals surface area (Å²) in [5.41, 5.74) is 2.16. The number of halogens is 1. The molecule has 3 rings (SSSR count). The Morgan fingerprint density at radius 1 is 1.32 bits per heavy atom. The van der Waals surface area contributed by atoms with Gasteiger partial charge in [0.15, 0.2) is 0 Å². The van der Waals surface area contributed by atoms with Crippen molar-refractivity contribution in [3.8, 4) is 5.75 Å². The molecule has 22 heavy (non-hydrogen) atoms. The number of fused-ring (bicyclic) bond motifs is 1. The first kappa shape index (κ1) is 15.4. The molecule has 3 nitrogen and oxygen atoms in total. The van der Waals surface area contributed by atoms with Crippen LogP contribution in [0.15, 0.2) is 51.8 Å². The van der Waals surface area contributed by atoms with Crippen LogP contribution in [0.2, 0.25) is 0 Å². The number of ether oxygens (including phenoxy) is 2. The van der Waals surface area contributed by atoms with Gasteiger partial charge in [-0.3, -0.25) is 4.79 Å². The molecule has 0 bridgehead atoms. The van der Waals surface area contributed by atoms with Crippen molar-refractivity contribution in [2.24, 2.45) is 0 Å². The molecule has 0 N–H and O–H groups in total. The van der Waals surface area contributed by atoms with Crippen molar-refractivity contribution in [1.82, 2.24) is 0 Å². The SMILES string of the molecule is COc1ccc(COC(=O)C2Cc3ccccc3S2)cc1Br. The molecule has 0 amide bonds. The lowest BCUT2D eigenvalue weighted by atomic mass is 10.1. The minimum absolute atomic E-state index is 0.140. The zero-order chi connectivity index (χ0) is 15.5. The Hall–Kier alpha value is -1.46. The topological polar surface area (TPSA) is 35.5 Å². The van der Waals surface area contributed by atoms with Crippen LogP contribution < -0.4 is 4.74 Å². The maximum absolute atomic E-state index is 12.2. The normalized spacial score (nSPS) is 16.2. The fourth-order valence-electron chi connectivity index (χ4n) is 2.36. The molecule has 0 spiro atoms. The van der Waals surface area contributed by atoms with E-state index in [-0.39, 0.29) is 17.8 Å². The number of thioether (sulfide) groups is 1. The second kappa shape index (κ2) is 6.75. The van der Waals surface area contributed by atoms with E-state index in [4.69, 9.17) is 9.47 Å². The number of methoxy groups -OCH3 is 1. The predicted molar refractivity (Wildman–Crippen MR) is 90.3 cm³/mol. The van der Waals surface area contributed by atoms with Crippen LogP contribution in [0.25, 0.3) is 0 Å². The highest BCUT2D eigenvalue weighted by Crippen LogP contribution is 2.37. The van der Waals surface area contributed by atoms with Crippen LogP contribution in [0.5, 0.6) is 5.75 Å². The summed E-state index contributed by atoms with van der Waals surface area (Å²) in [5, 5.41) is -0.140. The van der Waals surface area contributed by atoms with E-state index < -0.39 is 0 Å². The molecule has 1 aliphatic rings. The van der Waals surface area contributed by atoms with Gasteiger partial charge in [0.1, 0.15) is 17.6 Å². The van der Waals surface area contributed by atoms with Crippen molar-refractivity contribution in [1.29, 1.82) is 0 Å². The summed E-state index contributed by atoms with van der Waals surface area (Å²) in [5.74, 6) is 0.602. The summed E-state index contributed by atoms with van der Waals surface area (Å²) in [6, 6.07) is 13.8. The Bertz CT molecular complexity index is 677. The summed E-state index contributed by atoms with van der Waals surface area (Å²) in [6.07, 6.45) is 0.742. The molecule has 1 heterocycles. The summed E-state index contributed by atoms with van der Waals surface area (Å²) < 4.78 is 11.5. The van der Waals surface area contributed by atoms with Gasteiger partial charge in [-0.2, -0.15) is 0 Å². The highest BCUT2D eigenvalue weighted by molar-refractivity contribution is 9.10. The number of carbonyl (C=O) groups excluding carboxylic acids is 1. The number of rotatable bonds is 4. The summed E-state index contributed by atoms with van der Waals surface area (Å²) in [4.78, 5) is 13.4. The van der Waals surface area contributed by atoms with E-state index in [1.165, 1.54) is 10.5 Å². The fraction of sp³-hybridized carbons (Fsp3) is 0.235. The largest absolute Gasteiger partial charge is 0.496 e. The number of esters is 1. The molecule has 1 aliphatic heterocycles. The molecule has 0 aliphatic carbocycles. The highest BCUT2D eigenvalue weighted by atomic mass is 79.9. The Morgan fingerprint density at radius 3 is 2.86 bits per heavy atom. The van der Waals surface area contributed by atoms with Crippen LogP contribution in [0, 0.1) is 0 Å². The first-order valence-corrected chi connectivity index (χ1v) is 8.58. The van der Waals surface area contributed by atoms with Gasteiger partial charge in [0.05, 0.1) is 11.6 Å². The van der Waals surface area contributed by atoms with E-state index in [9.17, 15) is 4.79 Å². The number of carbonyl (C=O) groups is 1. The predicted octanol–water partition coefficient (Wildman–Crippen LogP) is 4.22. The number of hydrogen-bond donors (Lipinski definition) is 0. The van der Waals surface area contributed by atoms with Gasteiger partial charge in [0, 0.05) is 4.90 Å². The van der Waals surface area contributed by atoms with E-state index in [0.717, 1.165) is 22.2 Å². The van der Waals surface area contributed by atoms with E-state index in [0.29, 0.717) is 0 Å². The van der Waals surface area contributed by atoms with Gasteiger partial charge in [0.25, 0.3) is 0 Å². The minimum atomic E-state index is -0.159.